The Bertz CT molecular complexity index is 653. The van der Waals surface area contributed by atoms with Gasteiger partial charge < -0.3 is 5.32 Å². The molecule has 1 fully saturated rings. The highest BCUT2D eigenvalue weighted by atomic mass is 32.2. The zero-order valence-corrected chi connectivity index (χ0v) is 13.6. The normalized spacial score (nSPS) is 25.9. The van der Waals surface area contributed by atoms with E-state index in [-0.39, 0.29) is 11.8 Å². The van der Waals surface area contributed by atoms with Crippen LogP contribution >= 0.6 is 11.8 Å². The molecule has 2 amide bonds. The molecule has 0 bridgehead atoms. The van der Waals surface area contributed by atoms with Gasteiger partial charge in [0.1, 0.15) is 0 Å². The van der Waals surface area contributed by atoms with E-state index in [1.165, 1.54) is 30.6 Å². The van der Waals surface area contributed by atoms with Gasteiger partial charge in [0, 0.05) is 12.3 Å². The highest BCUT2D eigenvalue weighted by Gasteiger charge is 2.35. The van der Waals surface area contributed by atoms with Crippen molar-refractivity contribution in [3.8, 4) is 0 Å². The number of fused-ring (bicyclic) bond motifs is 2. The molecule has 2 atom stereocenters. The summed E-state index contributed by atoms with van der Waals surface area (Å²) >= 11 is 1.61. The van der Waals surface area contributed by atoms with Crippen molar-refractivity contribution in [3.63, 3.8) is 0 Å². The van der Waals surface area contributed by atoms with Crippen molar-refractivity contribution in [1.82, 2.24) is 10.2 Å². The van der Waals surface area contributed by atoms with E-state index in [9.17, 15) is 9.59 Å². The summed E-state index contributed by atoms with van der Waals surface area (Å²) in [5, 5.41) is 4.45. The lowest BCUT2D eigenvalue weighted by atomic mass is 9.92. The fraction of sp³-hybridized carbons (Fsp3) is 0.471. The molecule has 120 valence electrons. The van der Waals surface area contributed by atoms with Gasteiger partial charge in [0.25, 0.3) is 11.8 Å². The Hall–Kier alpha value is -1.82. The maximum absolute atomic E-state index is 12.3. The number of aliphatic imine (C=N–C) groups is 1. The van der Waals surface area contributed by atoms with Crippen molar-refractivity contribution >= 4 is 28.7 Å². The second kappa shape index (κ2) is 6.00. The molecule has 0 unspecified atom stereocenters. The first kappa shape index (κ1) is 14.8. The molecule has 23 heavy (non-hydrogen) atoms. The lowest BCUT2D eigenvalue weighted by molar-refractivity contribution is 0.0664. The van der Waals surface area contributed by atoms with Crippen molar-refractivity contribution in [1.29, 1.82) is 0 Å². The summed E-state index contributed by atoms with van der Waals surface area (Å²) in [4.78, 5) is 30.7. The molecule has 5 nitrogen and oxygen atoms in total. The van der Waals surface area contributed by atoms with Crippen LogP contribution in [0.1, 0.15) is 46.4 Å². The van der Waals surface area contributed by atoms with Crippen LogP contribution in [0.25, 0.3) is 0 Å². The zero-order chi connectivity index (χ0) is 15.8. The SMILES string of the molecule is O=C1c2ccccc2C(=O)N1CCSC1=N[C@@H]2CCCC[C@H]2N1. The van der Waals surface area contributed by atoms with Crippen LogP contribution in [0.15, 0.2) is 29.3 Å². The van der Waals surface area contributed by atoms with Crippen molar-refractivity contribution in [3.05, 3.63) is 35.4 Å². The number of imide groups is 1. The van der Waals surface area contributed by atoms with Gasteiger partial charge in [0.2, 0.25) is 0 Å². The van der Waals surface area contributed by atoms with Gasteiger partial charge in [-0.3, -0.25) is 19.5 Å². The van der Waals surface area contributed by atoms with Crippen LogP contribution in [0.2, 0.25) is 0 Å². The summed E-state index contributed by atoms with van der Waals surface area (Å²) < 4.78 is 0. The Balaban J connectivity index is 1.34. The predicted octanol–water partition coefficient (Wildman–Crippen LogP) is 2.29. The van der Waals surface area contributed by atoms with Gasteiger partial charge in [0.15, 0.2) is 5.17 Å². The number of thioether (sulfide) groups is 1. The van der Waals surface area contributed by atoms with Crippen molar-refractivity contribution in [2.75, 3.05) is 12.3 Å². The van der Waals surface area contributed by atoms with E-state index in [2.05, 4.69) is 5.32 Å². The molecule has 0 saturated heterocycles. The topological polar surface area (TPSA) is 61.8 Å². The monoisotopic (exact) mass is 329 g/mol. The first-order valence-electron chi connectivity index (χ1n) is 8.16. The Morgan fingerprint density at radius 2 is 1.83 bits per heavy atom. The van der Waals surface area contributed by atoms with Crippen molar-refractivity contribution < 1.29 is 9.59 Å². The molecule has 3 aliphatic rings. The molecule has 2 aliphatic heterocycles. The minimum Gasteiger partial charge on any atom is -0.360 e. The van der Waals surface area contributed by atoms with Gasteiger partial charge in [-0.15, -0.1) is 0 Å². The predicted molar refractivity (Wildman–Crippen MR) is 90.9 cm³/mol. The Labute approximate surface area is 139 Å². The summed E-state index contributed by atoms with van der Waals surface area (Å²) in [6.07, 6.45) is 4.90. The molecule has 1 aliphatic carbocycles. The minimum atomic E-state index is -0.179. The first-order valence-corrected chi connectivity index (χ1v) is 9.15. The number of amides is 2. The van der Waals surface area contributed by atoms with Crippen molar-refractivity contribution in [2.24, 2.45) is 4.99 Å². The summed E-state index contributed by atoms with van der Waals surface area (Å²) in [6, 6.07) is 7.94. The molecule has 4 rings (SSSR count). The molecular formula is C17H19N3O2S. The van der Waals surface area contributed by atoms with E-state index in [1.807, 2.05) is 0 Å². The average molecular weight is 329 g/mol. The standard InChI is InChI=1S/C17H19N3O2S/c21-15-11-5-1-2-6-12(11)16(22)20(15)9-10-23-17-18-13-7-3-4-8-14(13)19-17/h1-2,5-6,13-14H,3-4,7-10H2,(H,18,19)/t13-,14-/m1/s1. The third-order valence-electron chi connectivity index (χ3n) is 4.75. The summed E-state index contributed by atoms with van der Waals surface area (Å²) in [7, 11) is 0. The summed E-state index contributed by atoms with van der Waals surface area (Å²) in [5.41, 5.74) is 1.04. The lowest BCUT2D eigenvalue weighted by Gasteiger charge is -2.23. The van der Waals surface area contributed by atoms with Gasteiger partial charge in [-0.1, -0.05) is 36.7 Å². The quantitative estimate of drug-likeness (QED) is 0.864. The van der Waals surface area contributed by atoms with Gasteiger partial charge in [-0.25, -0.2) is 0 Å². The van der Waals surface area contributed by atoms with E-state index in [0.717, 1.165) is 5.17 Å². The van der Waals surface area contributed by atoms with Crippen molar-refractivity contribution in [2.45, 2.75) is 37.8 Å². The Morgan fingerprint density at radius 1 is 1.13 bits per heavy atom. The van der Waals surface area contributed by atoms with E-state index in [4.69, 9.17) is 4.99 Å². The lowest BCUT2D eigenvalue weighted by Crippen LogP contribution is -2.36. The maximum atomic E-state index is 12.3. The zero-order valence-electron chi connectivity index (χ0n) is 12.8. The van der Waals surface area contributed by atoms with Crippen LogP contribution < -0.4 is 5.32 Å². The summed E-state index contributed by atoms with van der Waals surface area (Å²) in [5.74, 6) is 0.318. The van der Waals surface area contributed by atoms with Crippen LogP contribution in [0.3, 0.4) is 0 Å². The largest absolute Gasteiger partial charge is 0.360 e. The molecule has 1 aromatic rings. The van der Waals surface area contributed by atoms with E-state index < -0.39 is 0 Å². The third-order valence-corrected chi connectivity index (χ3v) is 5.64. The fourth-order valence-electron chi connectivity index (χ4n) is 3.54. The van der Waals surface area contributed by atoms with Crippen LogP contribution in [-0.4, -0.2) is 46.3 Å². The number of amidine groups is 1. The maximum Gasteiger partial charge on any atom is 0.261 e. The second-order valence-electron chi connectivity index (χ2n) is 6.19. The number of hydrogen-bond donors (Lipinski definition) is 1. The number of nitrogens with one attached hydrogen (secondary N) is 1. The van der Waals surface area contributed by atoms with Crippen LogP contribution in [-0.2, 0) is 0 Å². The van der Waals surface area contributed by atoms with E-state index >= 15 is 0 Å². The molecule has 0 radical (unpaired) electrons. The molecule has 1 N–H and O–H groups in total. The molecule has 1 saturated carbocycles. The number of benzene rings is 1. The molecule has 0 aromatic heterocycles. The first-order chi connectivity index (χ1) is 11.2. The van der Waals surface area contributed by atoms with E-state index in [1.54, 1.807) is 36.0 Å². The smallest absolute Gasteiger partial charge is 0.261 e. The Kier molecular flexibility index (Phi) is 3.85. The minimum absolute atomic E-state index is 0.179. The molecule has 0 spiro atoms. The number of carbonyl (C=O) groups is 2. The molecule has 6 heteroatoms. The van der Waals surface area contributed by atoms with Gasteiger partial charge in [-0.05, 0) is 25.0 Å². The average Bonchev–Trinajstić information content (AvgIpc) is 3.09. The van der Waals surface area contributed by atoms with E-state index in [0.29, 0.717) is 35.5 Å². The number of rotatable bonds is 3. The fourth-order valence-corrected chi connectivity index (χ4v) is 4.45. The molecular weight excluding hydrogens is 310 g/mol. The van der Waals surface area contributed by atoms with Gasteiger partial charge in [-0.2, -0.15) is 0 Å². The van der Waals surface area contributed by atoms with Gasteiger partial charge >= 0.3 is 0 Å². The van der Waals surface area contributed by atoms with Gasteiger partial charge in [0.05, 0.1) is 23.2 Å². The number of hydrogen-bond acceptors (Lipinski definition) is 5. The summed E-state index contributed by atoms with van der Waals surface area (Å²) in [6.45, 7) is 0.424. The third kappa shape index (κ3) is 2.65. The van der Waals surface area contributed by atoms with Crippen LogP contribution in [0, 0.1) is 0 Å². The van der Waals surface area contributed by atoms with Crippen LogP contribution in [0.4, 0.5) is 0 Å². The Morgan fingerprint density at radius 3 is 2.52 bits per heavy atom. The molecule has 1 aromatic carbocycles. The number of nitrogens with zero attached hydrogens (tertiary/aromatic N) is 2. The van der Waals surface area contributed by atoms with Crippen LogP contribution in [0.5, 0.6) is 0 Å². The highest BCUT2D eigenvalue weighted by Crippen LogP contribution is 2.27. The highest BCUT2D eigenvalue weighted by molar-refractivity contribution is 8.13. The molecule has 2 heterocycles. The number of carbonyl (C=O) groups excluding carboxylic acids is 2. The second-order valence-corrected chi connectivity index (χ2v) is 7.28.